The third kappa shape index (κ3) is 4.51. The molecule has 0 aromatic heterocycles. The van der Waals surface area contributed by atoms with E-state index in [1.165, 1.54) is 17.1 Å². The van der Waals surface area contributed by atoms with Crippen molar-refractivity contribution in [3.63, 3.8) is 0 Å². The van der Waals surface area contributed by atoms with Crippen molar-refractivity contribution in [3.8, 4) is 0 Å². The molecule has 0 bridgehead atoms. The van der Waals surface area contributed by atoms with Gasteiger partial charge in [-0.2, -0.15) is 0 Å². The maximum Gasteiger partial charge on any atom is 0.333 e. The molecule has 8 heteroatoms. The van der Waals surface area contributed by atoms with E-state index in [0.29, 0.717) is 30.9 Å². The van der Waals surface area contributed by atoms with E-state index in [4.69, 9.17) is 4.84 Å². The Balaban J connectivity index is 1.50. The van der Waals surface area contributed by atoms with Crippen LogP contribution in [-0.4, -0.2) is 46.1 Å². The lowest BCUT2D eigenvalue weighted by Gasteiger charge is -2.15. The molecule has 0 atom stereocenters. The van der Waals surface area contributed by atoms with Crippen molar-refractivity contribution in [1.29, 1.82) is 0 Å². The SMILES string of the molecule is O=C(CCc1ccccc1CCCN1C(=O)C=CC1=O)ON1C(=O)CCC1=O. The zero-order valence-electron chi connectivity index (χ0n) is 15.3. The second kappa shape index (κ2) is 8.60. The standard InChI is InChI=1S/C20H20N2O6/c23-16-8-9-17(24)21(16)13-3-6-14-4-1-2-5-15(14)7-12-20(27)28-22-18(25)10-11-19(22)26/h1-2,4-5,8-9H,3,6-7,10-13H2. The Hall–Kier alpha value is -3.29. The number of aryl methyl sites for hydroxylation is 2. The molecule has 0 N–H and O–H groups in total. The minimum atomic E-state index is -0.641. The lowest BCUT2D eigenvalue weighted by atomic mass is 9.99. The highest BCUT2D eigenvalue weighted by atomic mass is 16.7. The van der Waals surface area contributed by atoms with Gasteiger partial charge >= 0.3 is 5.97 Å². The van der Waals surface area contributed by atoms with Crippen molar-refractivity contribution in [2.75, 3.05) is 6.54 Å². The number of hydroxylamine groups is 2. The average molecular weight is 384 g/mol. The number of carbonyl (C=O) groups excluding carboxylic acids is 5. The monoisotopic (exact) mass is 384 g/mol. The zero-order valence-corrected chi connectivity index (χ0v) is 15.3. The quantitative estimate of drug-likeness (QED) is 0.622. The van der Waals surface area contributed by atoms with Gasteiger partial charge in [-0.05, 0) is 30.4 Å². The van der Waals surface area contributed by atoms with Crippen LogP contribution >= 0.6 is 0 Å². The molecule has 1 aromatic rings. The summed E-state index contributed by atoms with van der Waals surface area (Å²) in [5, 5.41) is 0.548. The van der Waals surface area contributed by atoms with Gasteiger partial charge in [0, 0.05) is 31.5 Å². The van der Waals surface area contributed by atoms with Crippen LogP contribution in [0.3, 0.4) is 0 Å². The molecule has 0 spiro atoms. The number of benzene rings is 1. The average Bonchev–Trinajstić information content (AvgIpc) is 3.17. The molecule has 0 saturated carbocycles. The summed E-state index contributed by atoms with van der Waals surface area (Å²) in [7, 11) is 0. The van der Waals surface area contributed by atoms with Crippen molar-refractivity contribution in [3.05, 3.63) is 47.5 Å². The summed E-state index contributed by atoms with van der Waals surface area (Å²) in [6.45, 7) is 0.334. The number of imide groups is 2. The molecule has 3 rings (SSSR count). The number of amides is 4. The van der Waals surface area contributed by atoms with Gasteiger partial charge in [-0.25, -0.2) is 4.79 Å². The Bertz CT molecular complexity index is 826. The number of nitrogens with zero attached hydrogens (tertiary/aromatic N) is 2. The van der Waals surface area contributed by atoms with Gasteiger partial charge in [-0.1, -0.05) is 24.3 Å². The van der Waals surface area contributed by atoms with Crippen molar-refractivity contribution in [2.24, 2.45) is 0 Å². The highest BCUT2D eigenvalue weighted by Gasteiger charge is 2.32. The first-order chi connectivity index (χ1) is 13.5. The molecule has 2 heterocycles. The molecule has 4 amide bonds. The molecule has 2 aliphatic rings. The second-order valence-electron chi connectivity index (χ2n) is 6.58. The van der Waals surface area contributed by atoms with Crippen molar-refractivity contribution >= 4 is 29.6 Å². The fourth-order valence-corrected chi connectivity index (χ4v) is 3.17. The van der Waals surface area contributed by atoms with Crippen LogP contribution in [0.25, 0.3) is 0 Å². The number of carbonyl (C=O) groups is 5. The van der Waals surface area contributed by atoms with E-state index >= 15 is 0 Å². The molecule has 28 heavy (non-hydrogen) atoms. The number of hydrogen-bond acceptors (Lipinski definition) is 6. The zero-order chi connectivity index (χ0) is 20.1. The van der Waals surface area contributed by atoms with Crippen LogP contribution in [0, 0.1) is 0 Å². The maximum atomic E-state index is 12.0. The Morgan fingerprint density at radius 2 is 1.46 bits per heavy atom. The van der Waals surface area contributed by atoms with Crippen molar-refractivity contribution in [2.45, 2.75) is 38.5 Å². The molecule has 0 aliphatic carbocycles. The van der Waals surface area contributed by atoms with E-state index in [-0.39, 0.29) is 31.1 Å². The molecule has 1 aromatic carbocycles. The van der Waals surface area contributed by atoms with E-state index in [2.05, 4.69) is 0 Å². The Morgan fingerprint density at radius 3 is 2.07 bits per heavy atom. The topological polar surface area (TPSA) is 101 Å². The minimum Gasteiger partial charge on any atom is -0.330 e. The fourth-order valence-electron chi connectivity index (χ4n) is 3.17. The lowest BCUT2D eigenvalue weighted by molar-refractivity contribution is -0.197. The summed E-state index contributed by atoms with van der Waals surface area (Å²) in [6.07, 6.45) is 4.33. The molecule has 2 aliphatic heterocycles. The van der Waals surface area contributed by atoms with E-state index < -0.39 is 17.8 Å². The molecule has 1 fully saturated rings. The van der Waals surface area contributed by atoms with Crippen LogP contribution in [0.5, 0.6) is 0 Å². The summed E-state index contributed by atoms with van der Waals surface area (Å²) < 4.78 is 0. The van der Waals surface area contributed by atoms with E-state index in [1.807, 2.05) is 24.3 Å². The van der Waals surface area contributed by atoms with Gasteiger partial charge in [-0.3, -0.25) is 24.1 Å². The lowest BCUT2D eigenvalue weighted by Crippen LogP contribution is -2.32. The Morgan fingerprint density at radius 1 is 0.893 bits per heavy atom. The van der Waals surface area contributed by atoms with Crippen LogP contribution in [0.2, 0.25) is 0 Å². The Kier molecular flexibility index (Phi) is 5.98. The molecular weight excluding hydrogens is 364 g/mol. The van der Waals surface area contributed by atoms with Crippen LogP contribution in [0.1, 0.15) is 36.8 Å². The summed E-state index contributed by atoms with van der Waals surface area (Å²) in [5.41, 5.74) is 1.95. The molecule has 0 unspecified atom stereocenters. The van der Waals surface area contributed by atoms with Gasteiger partial charge in [-0.15, -0.1) is 5.06 Å². The largest absolute Gasteiger partial charge is 0.333 e. The minimum absolute atomic E-state index is 0.0289. The normalized spacial score (nSPS) is 16.4. The van der Waals surface area contributed by atoms with Gasteiger partial charge in [0.2, 0.25) is 0 Å². The summed E-state index contributed by atoms with van der Waals surface area (Å²) in [6, 6.07) is 7.56. The predicted octanol–water partition coefficient (Wildman–Crippen LogP) is 1.08. The van der Waals surface area contributed by atoms with E-state index in [1.54, 1.807) is 0 Å². The summed E-state index contributed by atoms with van der Waals surface area (Å²) in [4.78, 5) is 64.2. The first-order valence-electron chi connectivity index (χ1n) is 9.12. The highest BCUT2D eigenvalue weighted by molar-refractivity contribution is 6.12. The second-order valence-corrected chi connectivity index (χ2v) is 6.58. The molecular formula is C20H20N2O6. The molecule has 146 valence electrons. The summed E-state index contributed by atoms with van der Waals surface area (Å²) >= 11 is 0. The van der Waals surface area contributed by atoms with Crippen LogP contribution < -0.4 is 0 Å². The Labute approximate surface area is 161 Å². The third-order valence-corrected chi connectivity index (χ3v) is 4.64. The van der Waals surface area contributed by atoms with Gasteiger partial charge in [0.25, 0.3) is 23.6 Å². The van der Waals surface area contributed by atoms with Gasteiger partial charge in [0.05, 0.1) is 6.42 Å². The van der Waals surface area contributed by atoms with Crippen LogP contribution in [-0.2, 0) is 41.7 Å². The van der Waals surface area contributed by atoms with Gasteiger partial charge in [0.1, 0.15) is 0 Å². The fraction of sp³-hybridized carbons (Fsp3) is 0.350. The van der Waals surface area contributed by atoms with Crippen molar-refractivity contribution < 1.29 is 28.8 Å². The third-order valence-electron chi connectivity index (χ3n) is 4.64. The summed E-state index contributed by atoms with van der Waals surface area (Å²) in [5.74, 6) is -2.24. The highest BCUT2D eigenvalue weighted by Crippen LogP contribution is 2.17. The van der Waals surface area contributed by atoms with E-state index in [9.17, 15) is 24.0 Å². The van der Waals surface area contributed by atoms with Crippen molar-refractivity contribution in [1.82, 2.24) is 9.96 Å². The number of rotatable bonds is 8. The van der Waals surface area contributed by atoms with Crippen LogP contribution in [0.15, 0.2) is 36.4 Å². The number of hydrogen-bond donors (Lipinski definition) is 0. The van der Waals surface area contributed by atoms with Crippen LogP contribution in [0.4, 0.5) is 0 Å². The van der Waals surface area contributed by atoms with E-state index in [0.717, 1.165) is 11.1 Å². The smallest absolute Gasteiger partial charge is 0.330 e. The molecule has 1 saturated heterocycles. The molecule has 8 nitrogen and oxygen atoms in total. The first-order valence-corrected chi connectivity index (χ1v) is 9.12. The predicted molar refractivity (Wildman–Crippen MR) is 96.1 cm³/mol. The maximum absolute atomic E-state index is 12.0. The van der Waals surface area contributed by atoms with Gasteiger partial charge in [0.15, 0.2) is 0 Å². The van der Waals surface area contributed by atoms with Gasteiger partial charge < -0.3 is 4.84 Å². The molecule has 0 radical (unpaired) electrons. The first kappa shape index (κ1) is 19.5.